The van der Waals surface area contributed by atoms with Gasteiger partial charge in [0, 0.05) is 6.61 Å². The summed E-state index contributed by atoms with van der Waals surface area (Å²) in [6.07, 6.45) is -1.46. The van der Waals surface area contributed by atoms with Crippen LogP contribution < -0.4 is 74.0 Å². The summed E-state index contributed by atoms with van der Waals surface area (Å²) in [5.41, 5.74) is 0. The van der Waals surface area contributed by atoms with Crippen molar-refractivity contribution in [3.63, 3.8) is 0 Å². The first-order valence-electron chi connectivity index (χ1n) is 1.61. The van der Waals surface area contributed by atoms with E-state index < -0.39 is 6.16 Å². The van der Waals surface area contributed by atoms with Crippen molar-refractivity contribution in [2.75, 3.05) is 6.61 Å². The Bertz CT molecular complexity index is 54.1. The fourth-order valence-corrected chi connectivity index (χ4v) is 0.118. The second-order valence-electron chi connectivity index (χ2n) is 0.683. The van der Waals surface area contributed by atoms with E-state index in [1.807, 2.05) is 0 Å². The van der Waals surface area contributed by atoms with Gasteiger partial charge in [0.05, 0.1) is 0 Å². The minimum atomic E-state index is -1.46. The molecule has 7 heavy (non-hydrogen) atoms. The van der Waals surface area contributed by atoms with Gasteiger partial charge in [-0.1, -0.05) is 0 Å². The molecule has 0 amide bonds. The van der Waals surface area contributed by atoms with E-state index >= 15 is 0 Å². The molecule has 0 unspecified atom stereocenters. The van der Waals surface area contributed by atoms with Gasteiger partial charge in [-0.15, -0.1) is 0 Å². The maximum absolute atomic E-state index is 9.27. The van der Waals surface area contributed by atoms with Crippen LogP contribution in [0.2, 0.25) is 0 Å². The second kappa shape index (κ2) is 7.32. The summed E-state index contributed by atoms with van der Waals surface area (Å²) >= 11 is 0. The van der Waals surface area contributed by atoms with Crippen molar-refractivity contribution >= 4 is 6.16 Å². The number of rotatable bonds is 1. The van der Waals surface area contributed by atoms with Gasteiger partial charge in [-0.05, 0) is 6.92 Å². The Kier molecular flexibility index (Phi) is 11.7. The summed E-state index contributed by atoms with van der Waals surface area (Å²) in [7, 11) is 0. The standard InChI is InChI=1S/C3H6O3.Cs/c1-2-6-3(4)5;/h2H2,1H3,(H,4,5);/q;+1/p-1. The maximum Gasteiger partial charge on any atom is 1.00 e. The van der Waals surface area contributed by atoms with E-state index in [0.717, 1.165) is 0 Å². The maximum atomic E-state index is 9.27. The Morgan fingerprint density at radius 2 is 2.29 bits per heavy atom. The van der Waals surface area contributed by atoms with Gasteiger partial charge in [0.25, 0.3) is 6.16 Å². The zero-order valence-corrected chi connectivity index (χ0v) is 10.7. The average molecular weight is 222 g/mol. The van der Waals surface area contributed by atoms with Gasteiger partial charge >= 0.3 is 68.9 Å². The van der Waals surface area contributed by atoms with E-state index in [9.17, 15) is 9.90 Å². The molecule has 0 aliphatic heterocycles. The Labute approximate surface area is 101 Å². The van der Waals surface area contributed by atoms with Crippen LogP contribution in [0, 0.1) is 0 Å². The van der Waals surface area contributed by atoms with Crippen molar-refractivity contribution in [2.24, 2.45) is 0 Å². The SMILES string of the molecule is CCOC(=O)[O-].[Cs+]. The van der Waals surface area contributed by atoms with Crippen molar-refractivity contribution in [1.29, 1.82) is 0 Å². The molecule has 0 aromatic rings. The number of carbonyl (C=O) groups excluding carboxylic acids is 1. The molecule has 0 bridgehead atoms. The zero-order chi connectivity index (χ0) is 4.99. The van der Waals surface area contributed by atoms with Crippen molar-refractivity contribution in [3.05, 3.63) is 0 Å². The van der Waals surface area contributed by atoms with Gasteiger partial charge < -0.3 is 14.6 Å². The summed E-state index contributed by atoms with van der Waals surface area (Å²) in [6.45, 7) is 1.75. The van der Waals surface area contributed by atoms with E-state index in [-0.39, 0.29) is 75.5 Å². The van der Waals surface area contributed by atoms with Gasteiger partial charge in [-0.25, -0.2) is 0 Å². The molecule has 3 nitrogen and oxygen atoms in total. The quantitative estimate of drug-likeness (QED) is 0.430. The van der Waals surface area contributed by atoms with Crippen molar-refractivity contribution in [2.45, 2.75) is 6.92 Å². The van der Waals surface area contributed by atoms with Gasteiger partial charge in [0.2, 0.25) is 0 Å². The number of carbonyl (C=O) groups is 1. The fraction of sp³-hybridized carbons (Fsp3) is 0.667. The Balaban J connectivity index is 0. The van der Waals surface area contributed by atoms with Crippen LogP contribution in [0.15, 0.2) is 0 Å². The predicted molar refractivity (Wildman–Crippen MR) is 17.0 cm³/mol. The molecule has 0 fully saturated rings. The smallest absolute Gasteiger partial charge is 0.550 e. The van der Waals surface area contributed by atoms with Crippen LogP contribution in [-0.4, -0.2) is 12.8 Å². The molecule has 0 saturated carbocycles. The van der Waals surface area contributed by atoms with Crippen molar-refractivity contribution < 1.29 is 83.5 Å². The molecule has 0 N–H and O–H groups in total. The summed E-state index contributed by atoms with van der Waals surface area (Å²) in [4.78, 5) is 9.27. The third-order valence-electron chi connectivity index (χ3n) is 0.262. The van der Waals surface area contributed by atoms with Crippen LogP contribution in [0.25, 0.3) is 0 Å². The van der Waals surface area contributed by atoms with Crippen LogP contribution >= 0.6 is 0 Å². The largest absolute Gasteiger partial charge is 1.00 e. The number of ether oxygens (including phenoxy) is 1. The van der Waals surface area contributed by atoms with Crippen LogP contribution in [0.3, 0.4) is 0 Å². The third-order valence-corrected chi connectivity index (χ3v) is 0.262. The van der Waals surface area contributed by atoms with Gasteiger partial charge in [-0.3, -0.25) is 0 Å². The molecule has 4 heteroatoms. The van der Waals surface area contributed by atoms with E-state index in [4.69, 9.17) is 0 Å². The Morgan fingerprint density at radius 3 is 2.29 bits per heavy atom. The molecule has 0 atom stereocenters. The predicted octanol–water partition coefficient (Wildman–Crippen LogP) is -3.63. The molecule has 0 aromatic heterocycles. The fourth-order valence-electron chi connectivity index (χ4n) is 0.118. The summed E-state index contributed by atoms with van der Waals surface area (Å²) < 4.78 is 3.85. The van der Waals surface area contributed by atoms with Crippen LogP contribution in [-0.2, 0) is 4.74 Å². The van der Waals surface area contributed by atoms with E-state index in [1.165, 1.54) is 0 Å². The van der Waals surface area contributed by atoms with Crippen molar-refractivity contribution in [3.8, 4) is 0 Å². The van der Waals surface area contributed by atoms with Gasteiger partial charge in [0.1, 0.15) is 0 Å². The second-order valence-corrected chi connectivity index (χ2v) is 0.683. The molecular weight excluding hydrogens is 217 g/mol. The van der Waals surface area contributed by atoms with Gasteiger partial charge in [0.15, 0.2) is 0 Å². The summed E-state index contributed by atoms with van der Waals surface area (Å²) in [6, 6.07) is 0. The first kappa shape index (κ1) is 11.2. The first-order chi connectivity index (χ1) is 2.77. The average Bonchev–Trinajstić information content (AvgIpc) is 1.35. The number of carboxylic acid groups (broad SMARTS) is 1. The molecule has 0 aromatic carbocycles. The monoisotopic (exact) mass is 222 g/mol. The number of hydrogen-bond acceptors (Lipinski definition) is 3. The molecular formula is C3H5CsO3. The topological polar surface area (TPSA) is 49.4 Å². The van der Waals surface area contributed by atoms with Crippen molar-refractivity contribution in [1.82, 2.24) is 0 Å². The Morgan fingerprint density at radius 1 is 1.86 bits per heavy atom. The summed E-state index contributed by atoms with van der Waals surface area (Å²) in [5, 5.41) is 9.27. The molecule has 36 valence electrons. The van der Waals surface area contributed by atoms with E-state index in [2.05, 4.69) is 4.74 Å². The molecule has 0 rings (SSSR count). The summed E-state index contributed by atoms with van der Waals surface area (Å²) in [5.74, 6) is 0. The molecule has 0 heterocycles. The number of hydrogen-bond donors (Lipinski definition) is 0. The first-order valence-corrected chi connectivity index (χ1v) is 1.61. The zero-order valence-electron chi connectivity index (χ0n) is 4.43. The molecule has 0 aliphatic rings. The minimum Gasteiger partial charge on any atom is -0.550 e. The van der Waals surface area contributed by atoms with Crippen LogP contribution in [0.5, 0.6) is 0 Å². The van der Waals surface area contributed by atoms with Crippen LogP contribution in [0.1, 0.15) is 6.92 Å². The minimum absolute atomic E-state index is 0. The molecule has 0 spiro atoms. The van der Waals surface area contributed by atoms with E-state index in [1.54, 1.807) is 6.92 Å². The van der Waals surface area contributed by atoms with Crippen LogP contribution in [0.4, 0.5) is 4.79 Å². The van der Waals surface area contributed by atoms with E-state index in [0.29, 0.717) is 0 Å². The molecule has 0 saturated heterocycles. The Hall–Kier alpha value is 1.32. The van der Waals surface area contributed by atoms with Gasteiger partial charge in [-0.2, -0.15) is 0 Å². The normalized spacial score (nSPS) is 6.43. The molecule has 0 aliphatic carbocycles. The third kappa shape index (κ3) is 11.1. The molecule has 0 radical (unpaired) electrons.